The van der Waals surface area contributed by atoms with E-state index in [0.717, 1.165) is 4.47 Å². The van der Waals surface area contributed by atoms with Gasteiger partial charge >= 0.3 is 6.03 Å². The molecule has 0 spiro atoms. The van der Waals surface area contributed by atoms with Gasteiger partial charge in [0.25, 0.3) is 0 Å². The lowest BCUT2D eigenvalue weighted by Crippen LogP contribution is -2.28. The molecule has 29 heavy (non-hydrogen) atoms. The quantitative estimate of drug-likeness (QED) is 0.548. The molecule has 1 heterocycles. The number of ether oxygens (including phenoxy) is 3. The minimum absolute atomic E-state index is 0.0632. The Balaban J connectivity index is 1.69. The number of carbonyl (C=O) groups excluding carboxylic acids is 1. The van der Waals surface area contributed by atoms with E-state index in [1.54, 1.807) is 18.2 Å². The van der Waals surface area contributed by atoms with Gasteiger partial charge in [0.1, 0.15) is 0 Å². The maximum Gasteiger partial charge on any atom is 0.319 e. The Labute approximate surface area is 175 Å². The summed E-state index contributed by atoms with van der Waals surface area (Å²) in [5.74, 6) is 1.98. The highest BCUT2D eigenvalue weighted by molar-refractivity contribution is 9.10. The first kappa shape index (κ1) is 20.5. The third-order valence-electron chi connectivity index (χ3n) is 3.91. The van der Waals surface area contributed by atoms with Crippen molar-refractivity contribution >= 4 is 27.6 Å². The number of rotatable bonds is 7. The summed E-state index contributed by atoms with van der Waals surface area (Å²) in [6.07, 6.45) is 0. The first-order chi connectivity index (χ1) is 14.0. The molecule has 2 amide bonds. The van der Waals surface area contributed by atoms with Crippen LogP contribution in [0.1, 0.15) is 5.89 Å². The summed E-state index contributed by atoms with van der Waals surface area (Å²) in [4.78, 5) is 16.4. The zero-order valence-corrected chi connectivity index (χ0v) is 17.6. The highest BCUT2D eigenvalue weighted by Gasteiger charge is 2.17. The average Bonchev–Trinajstić information content (AvgIpc) is 3.22. The molecular weight excluding hydrogens is 444 g/mol. The lowest BCUT2D eigenvalue weighted by Gasteiger charge is -2.12. The standard InChI is InChI=1S/C19H19BrN4O5/c1-26-14-8-11(9-15(27-2)17(14)28-3)18-23-16(29-24-18)10-21-19(25)22-13-7-5-4-6-12(13)20/h4-9H,10H2,1-3H3,(H2,21,22,25). The van der Waals surface area contributed by atoms with Crippen LogP contribution in [0.5, 0.6) is 17.2 Å². The van der Waals surface area contributed by atoms with Crippen LogP contribution in [0.4, 0.5) is 10.5 Å². The van der Waals surface area contributed by atoms with Gasteiger partial charge in [-0.1, -0.05) is 17.3 Å². The molecule has 0 fully saturated rings. The van der Waals surface area contributed by atoms with E-state index in [1.165, 1.54) is 21.3 Å². The second kappa shape index (κ2) is 9.28. The van der Waals surface area contributed by atoms with Gasteiger partial charge in [0, 0.05) is 10.0 Å². The number of amides is 2. The first-order valence-corrected chi connectivity index (χ1v) is 9.27. The van der Waals surface area contributed by atoms with Gasteiger partial charge < -0.3 is 29.4 Å². The number of anilines is 1. The molecule has 0 aliphatic rings. The molecule has 0 atom stereocenters. The molecule has 0 saturated heterocycles. The lowest BCUT2D eigenvalue weighted by molar-refractivity contribution is 0.249. The Kier molecular flexibility index (Phi) is 6.55. The number of halogens is 1. The molecule has 2 N–H and O–H groups in total. The van der Waals surface area contributed by atoms with Gasteiger partial charge in [0.05, 0.1) is 33.6 Å². The predicted octanol–water partition coefficient (Wildman–Crippen LogP) is 3.85. The summed E-state index contributed by atoms with van der Waals surface area (Å²) < 4.78 is 22.0. The fourth-order valence-electron chi connectivity index (χ4n) is 2.54. The van der Waals surface area contributed by atoms with Crippen LogP contribution in [0.25, 0.3) is 11.4 Å². The summed E-state index contributed by atoms with van der Waals surface area (Å²) in [5.41, 5.74) is 1.26. The van der Waals surface area contributed by atoms with Crippen molar-refractivity contribution in [2.24, 2.45) is 0 Å². The van der Waals surface area contributed by atoms with E-state index in [4.69, 9.17) is 18.7 Å². The number of methoxy groups -OCH3 is 3. The molecule has 3 rings (SSSR count). The number of benzene rings is 2. The van der Waals surface area contributed by atoms with Crippen molar-refractivity contribution in [3.8, 4) is 28.6 Å². The normalized spacial score (nSPS) is 10.3. The van der Waals surface area contributed by atoms with Gasteiger partial charge in [-0.2, -0.15) is 4.98 Å². The zero-order chi connectivity index (χ0) is 20.8. The summed E-state index contributed by atoms with van der Waals surface area (Å²) in [6, 6.07) is 10.3. The SMILES string of the molecule is COc1cc(-c2noc(CNC(=O)Nc3ccccc3Br)n2)cc(OC)c1OC. The second-order valence-electron chi connectivity index (χ2n) is 5.71. The van der Waals surface area contributed by atoms with Crippen LogP contribution < -0.4 is 24.8 Å². The number of carbonyl (C=O) groups is 1. The van der Waals surface area contributed by atoms with Gasteiger partial charge in [0.2, 0.25) is 17.5 Å². The van der Waals surface area contributed by atoms with E-state index in [0.29, 0.717) is 34.3 Å². The number of hydrogen-bond donors (Lipinski definition) is 2. The molecular formula is C19H19BrN4O5. The molecule has 9 nitrogen and oxygen atoms in total. The Bertz CT molecular complexity index is 983. The van der Waals surface area contributed by atoms with Crippen LogP contribution >= 0.6 is 15.9 Å². The Hall–Kier alpha value is -3.27. The minimum atomic E-state index is -0.399. The van der Waals surface area contributed by atoms with Crippen molar-refractivity contribution in [2.75, 3.05) is 26.6 Å². The lowest BCUT2D eigenvalue weighted by atomic mass is 10.1. The summed E-state index contributed by atoms with van der Waals surface area (Å²) >= 11 is 3.37. The number of nitrogens with one attached hydrogen (secondary N) is 2. The van der Waals surface area contributed by atoms with E-state index in [9.17, 15) is 4.79 Å². The van der Waals surface area contributed by atoms with Crippen LogP contribution in [-0.4, -0.2) is 37.5 Å². The number of para-hydroxylation sites is 1. The Morgan fingerprint density at radius 3 is 2.41 bits per heavy atom. The molecule has 0 aliphatic carbocycles. The number of aromatic nitrogens is 2. The maximum atomic E-state index is 12.1. The van der Waals surface area contributed by atoms with Crippen molar-refractivity contribution in [3.63, 3.8) is 0 Å². The van der Waals surface area contributed by atoms with Gasteiger partial charge in [-0.25, -0.2) is 4.79 Å². The molecule has 3 aromatic rings. The van der Waals surface area contributed by atoms with Crippen molar-refractivity contribution in [2.45, 2.75) is 6.54 Å². The molecule has 10 heteroatoms. The van der Waals surface area contributed by atoms with Crippen molar-refractivity contribution in [1.29, 1.82) is 0 Å². The molecule has 0 saturated carbocycles. The highest BCUT2D eigenvalue weighted by Crippen LogP contribution is 2.40. The van der Waals surface area contributed by atoms with Crippen LogP contribution in [0, 0.1) is 0 Å². The Morgan fingerprint density at radius 1 is 1.10 bits per heavy atom. The predicted molar refractivity (Wildman–Crippen MR) is 109 cm³/mol. The van der Waals surface area contributed by atoms with E-state index >= 15 is 0 Å². The number of urea groups is 1. The van der Waals surface area contributed by atoms with Crippen molar-refractivity contribution < 1.29 is 23.5 Å². The number of hydrogen-bond acceptors (Lipinski definition) is 7. The summed E-state index contributed by atoms with van der Waals surface area (Å²) in [5, 5.41) is 9.35. The molecule has 2 aromatic carbocycles. The third kappa shape index (κ3) is 4.77. The highest BCUT2D eigenvalue weighted by atomic mass is 79.9. The molecule has 0 aliphatic heterocycles. The summed E-state index contributed by atoms with van der Waals surface area (Å²) in [7, 11) is 4.57. The van der Waals surface area contributed by atoms with E-state index in [-0.39, 0.29) is 12.4 Å². The Morgan fingerprint density at radius 2 is 1.79 bits per heavy atom. The third-order valence-corrected chi connectivity index (χ3v) is 4.60. The smallest absolute Gasteiger partial charge is 0.319 e. The van der Waals surface area contributed by atoms with E-state index in [2.05, 4.69) is 36.7 Å². The average molecular weight is 463 g/mol. The summed E-state index contributed by atoms with van der Waals surface area (Å²) in [6.45, 7) is 0.0632. The molecule has 0 bridgehead atoms. The van der Waals surface area contributed by atoms with Crippen molar-refractivity contribution in [1.82, 2.24) is 15.5 Å². The van der Waals surface area contributed by atoms with E-state index in [1.807, 2.05) is 18.2 Å². The molecule has 1 aromatic heterocycles. The van der Waals surface area contributed by atoms with Crippen LogP contribution in [0.2, 0.25) is 0 Å². The van der Waals surface area contributed by atoms with E-state index < -0.39 is 6.03 Å². The second-order valence-corrected chi connectivity index (χ2v) is 6.57. The molecule has 0 radical (unpaired) electrons. The molecule has 0 unspecified atom stereocenters. The van der Waals surface area contributed by atoms with Gasteiger partial charge in [0.15, 0.2) is 11.5 Å². The number of nitrogens with zero attached hydrogens (tertiary/aromatic N) is 2. The van der Waals surface area contributed by atoms with Crippen LogP contribution in [0.3, 0.4) is 0 Å². The maximum absolute atomic E-state index is 12.1. The van der Waals surface area contributed by atoms with Crippen LogP contribution in [0.15, 0.2) is 45.4 Å². The van der Waals surface area contributed by atoms with Crippen LogP contribution in [-0.2, 0) is 6.54 Å². The topological polar surface area (TPSA) is 108 Å². The van der Waals surface area contributed by atoms with Gasteiger partial charge in [-0.3, -0.25) is 0 Å². The largest absolute Gasteiger partial charge is 0.493 e. The van der Waals surface area contributed by atoms with Crippen molar-refractivity contribution in [3.05, 3.63) is 46.8 Å². The zero-order valence-electron chi connectivity index (χ0n) is 16.0. The fourth-order valence-corrected chi connectivity index (χ4v) is 2.92. The first-order valence-electron chi connectivity index (χ1n) is 8.48. The minimum Gasteiger partial charge on any atom is -0.493 e. The van der Waals surface area contributed by atoms with Gasteiger partial charge in [-0.05, 0) is 40.2 Å². The fraction of sp³-hybridized carbons (Fsp3) is 0.211. The molecule has 152 valence electrons. The monoisotopic (exact) mass is 462 g/mol. The van der Waals surface area contributed by atoms with Gasteiger partial charge in [-0.15, -0.1) is 0 Å².